The molecule has 2 aliphatic heterocycles. The van der Waals surface area contributed by atoms with Crippen molar-refractivity contribution in [2.45, 2.75) is 24.8 Å². The molecule has 1 aromatic carbocycles. The Morgan fingerprint density at radius 2 is 2.09 bits per heavy atom. The van der Waals surface area contributed by atoms with Crippen molar-refractivity contribution < 1.29 is 17.9 Å². The number of nitrogens with one attached hydrogen (secondary N) is 2. The van der Waals surface area contributed by atoms with E-state index < -0.39 is 27.3 Å². The summed E-state index contributed by atoms with van der Waals surface area (Å²) >= 11 is 0. The molecule has 9 heteroatoms. The first kappa shape index (κ1) is 15.5. The number of aliphatic imine (C=N–C) groups is 1. The Morgan fingerprint density at radius 3 is 2.78 bits per heavy atom. The quantitative estimate of drug-likeness (QED) is 0.739. The lowest BCUT2D eigenvalue weighted by Gasteiger charge is -2.07. The smallest absolute Gasteiger partial charge is 0.356 e. The van der Waals surface area contributed by atoms with Crippen LogP contribution in [0.3, 0.4) is 0 Å². The molecule has 2 N–H and O–H groups in total. The van der Waals surface area contributed by atoms with E-state index in [0.717, 1.165) is 5.56 Å². The molecule has 2 unspecified atom stereocenters. The predicted molar refractivity (Wildman–Crippen MR) is 84.4 cm³/mol. The third kappa shape index (κ3) is 2.91. The lowest BCUT2D eigenvalue weighted by Crippen LogP contribution is -2.40. The maximum absolute atomic E-state index is 12.3. The van der Waals surface area contributed by atoms with Crippen molar-refractivity contribution in [2.24, 2.45) is 10.1 Å². The van der Waals surface area contributed by atoms with Gasteiger partial charge in [-0.05, 0) is 12.5 Å². The largest absolute Gasteiger partial charge is 0.461 e. The number of nitrogens with zero attached hydrogens (tertiary/aromatic N) is 2. The molecule has 0 spiro atoms. The van der Waals surface area contributed by atoms with E-state index in [4.69, 9.17) is 4.74 Å². The van der Waals surface area contributed by atoms with E-state index in [1.807, 2.05) is 30.3 Å². The van der Waals surface area contributed by atoms with E-state index in [0.29, 0.717) is 6.54 Å². The third-order valence-electron chi connectivity index (χ3n) is 3.53. The first-order chi connectivity index (χ1) is 11.0. The van der Waals surface area contributed by atoms with Gasteiger partial charge in [0.1, 0.15) is 11.9 Å². The average molecular weight is 336 g/mol. The number of sulfonamides is 1. The van der Waals surface area contributed by atoms with Crippen LogP contribution in [0.2, 0.25) is 0 Å². The lowest BCUT2D eigenvalue weighted by molar-refractivity contribution is -0.135. The Balaban J connectivity index is 1.82. The van der Waals surface area contributed by atoms with Crippen LogP contribution < -0.4 is 10.1 Å². The van der Waals surface area contributed by atoms with Crippen molar-refractivity contribution in [1.29, 1.82) is 0 Å². The van der Waals surface area contributed by atoms with Crippen molar-refractivity contribution in [3.8, 4) is 0 Å². The standard InChI is InChI=1S/C14H16N4O4S/c1-2-22-14(19)11-12-10(16-17-11)13(18-23(12,20)21)15-8-9-6-4-3-5-7-9/h3-7,10,12,16H,2,8H2,1H3,(H,15,18). The average Bonchev–Trinajstić information content (AvgIpc) is 3.07. The second-order valence-corrected chi connectivity index (χ2v) is 6.88. The molecule has 0 aromatic heterocycles. The molecule has 3 rings (SSSR count). The van der Waals surface area contributed by atoms with Gasteiger partial charge in [0.05, 0.1) is 13.2 Å². The van der Waals surface area contributed by atoms with E-state index in [1.165, 1.54) is 0 Å². The van der Waals surface area contributed by atoms with Gasteiger partial charge in [-0.15, -0.1) is 0 Å². The SMILES string of the molecule is CCOC(=O)C1=NNC2C(=NCc3ccccc3)NS(=O)(=O)C12. The molecule has 0 bridgehead atoms. The van der Waals surface area contributed by atoms with Crippen LogP contribution in [0.15, 0.2) is 40.4 Å². The molecule has 8 nitrogen and oxygen atoms in total. The summed E-state index contributed by atoms with van der Waals surface area (Å²) in [5, 5.41) is 2.72. The van der Waals surface area contributed by atoms with Crippen LogP contribution in [0.5, 0.6) is 0 Å². The summed E-state index contributed by atoms with van der Waals surface area (Å²) in [5.41, 5.74) is 3.47. The first-order valence-electron chi connectivity index (χ1n) is 7.13. The van der Waals surface area contributed by atoms with E-state index in [1.54, 1.807) is 6.92 Å². The van der Waals surface area contributed by atoms with Crippen LogP contribution in [0.1, 0.15) is 12.5 Å². The van der Waals surface area contributed by atoms with Gasteiger partial charge in [-0.3, -0.25) is 15.1 Å². The molecule has 2 atom stereocenters. The summed E-state index contributed by atoms with van der Waals surface area (Å²) < 4.78 is 31.8. The number of amidine groups is 1. The number of hydrogen-bond acceptors (Lipinski definition) is 7. The topological polar surface area (TPSA) is 109 Å². The molecule has 1 aromatic rings. The van der Waals surface area contributed by atoms with Crippen LogP contribution in [0.4, 0.5) is 0 Å². The monoisotopic (exact) mass is 336 g/mol. The second-order valence-electron chi connectivity index (χ2n) is 5.08. The molecular formula is C14H16N4O4S. The Morgan fingerprint density at radius 1 is 1.35 bits per heavy atom. The zero-order valence-corrected chi connectivity index (χ0v) is 13.2. The molecule has 0 radical (unpaired) electrons. The van der Waals surface area contributed by atoms with Crippen molar-refractivity contribution in [1.82, 2.24) is 10.1 Å². The number of benzene rings is 1. The molecule has 23 heavy (non-hydrogen) atoms. The molecule has 1 fully saturated rings. The van der Waals surface area contributed by atoms with Gasteiger partial charge in [-0.25, -0.2) is 13.2 Å². The molecule has 1 saturated heterocycles. The summed E-state index contributed by atoms with van der Waals surface area (Å²) in [7, 11) is -3.76. The first-order valence-corrected chi connectivity index (χ1v) is 8.67. The Bertz CT molecular complexity index is 773. The van der Waals surface area contributed by atoms with Crippen LogP contribution >= 0.6 is 0 Å². The number of fused-ring (bicyclic) bond motifs is 1. The summed E-state index contributed by atoms with van der Waals surface area (Å²) in [6.07, 6.45) is 0. The van der Waals surface area contributed by atoms with Crippen LogP contribution in [0.25, 0.3) is 0 Å². The normalized spacial score (nSPS) is 26.1. The maximum Gasteiger partial charge on any atom is 0.356 e. The number of carbonyl (C=O) groups excluding carboxylic acids is 1. The summed E-state index contributed by atoms with van der Waals surface area (Å²) in [6, 6.07) is 8.76. The Hall–Kier alpha value is -2.42. The Kier molecular flexibility index (Phi) is 4.03. The van der Waals surface area contributed by atoms with E-state index >= 15 is 0 Å². The van der Waals surface area contributed by atoms with E-state index in [9.17, 15) is 13.2 Å². The Labute approximate surface area is 133 Å². The molecule has 0 aliphatic carbocycles. The lowest BCUT2D eigenvalue weighted by atomic mass is 10.1. The number of hydrogen-bond donors (Lipinski definition) is 2. The minimum absolute atomic E-state index is 0.144. The molecule has 0 saturated carbocycles. The highest BCUT2D eigenvalue weighted by molar-refractivity contribution is 7.92. The summed E-state index contributed by atoms with van der Waals surface area (Å²) in [6.45, 7) is 2.13. The highest BCUT2D eigenvalue weighted by Crippen LogP contribution is 2.22. The number of hydrazone groups is 1. The van der Waals surface area contributed by atoms with E-state index in [-0.39, 0.29) is 18.2 Å². The van der Waals surface area contributed by atoms with Crippen molar-refractivity contribution in [3.05, 3.63) is 35.9 Å². The zero-order valence-electron chi connectivity index (χ0n) is 12.4. The van der Waals surface area contributed by atoms with Crippen molar-refractivity contribution in [2.75, 3.05) is 6.61 Å². The van der Waals surface area contributed by atoms with Crippen molar-refractivity contribution in [3.63, 3.8) is 0 Å². The van der Waals surface area contributed by atoms with Gasteiger partial charge in [0.25, 0.3) is 0 Å². The molecular weight excluding hydrogens is 320 g/mol. The minimum atomic E-state index is -3.76. The van der Waals surface area contributed by atoms with Crippen LogP contribution in [-0.4, -0.2) is 43.8 Å². The zero-order chi connectivity index (χ0) is 16.4. The fraction of sp³-hybridized carbons (Fsp3) is 0.357. The second kappa shape index (κ2) is 5.99. The van der Waals surface area contributed by atoms with Gasteiger partial charge in [-0.2, -0.15) is 5.10 Å². The van der Waals surface area contributed by atoms with Gasteiger partial charge < -0.3 is 4.74 Å². The van der Waals surface area contributed by atoms with E-state index in [2.05, 4.69) is 20.2 Å². The molecule has 122 valence electrons. The van der Waals surface area contributed by atoms with Crippen LogP contribution in [0, 0.1) is 0 Å². The number of carbonyl (C=O) groups is 1. The predicted octanol–water partition coefficient (Wildman–Crippen LogP) is -0.222. The van der Waals surface area contributed by atoms with Gasteiger partial charge in [0, 0.05) is 0 Å². The number of ether oxygens (including phenoxy) is 1. The van der Waals surface area contributed by atoms with Crippen molar-refractivity contribution >= 4 is 27.5 Å². The van der Waals surface area contributed by atoms with Gasteiger partial charge >= 0.3 is 5.97 Å². The summed E-state index contributed by atoms with van der Waals surface area (Å²) in [5.74, 6) is -0.482. The van der Waals surface area contributed by atoms with Gasteiger partial charge in [0.15, 0.2) is 11.0 Å². The number of esters is 1. The van der Waals surface area contributed by atoms with Crippen LogP contribution in [-0.2, 0) is 26.1 Å². The fourth-order valence-corrected chi connectivity index (χ4v) is 4.09. The summed E-state index contributed by atoms with van der Waals surface area (Å²) in [4.78, 5) is 16.1. The fourth-order valence-electron chi connectivity index (χ4n) is 2.49. The highest BCUT2D eigenvalue weighted by atomic mass is 32.2. The number of rotatable bonds is 4. The van der Waals surface area contributed by atoms with Gasteiger partial charge in [-0.1, -0.05) is 30.3 Å². The highest BCUT2D eigenvalue weighted by Gasteiger charge is 2.53. The molecule has 0 amide bonds. The maximum atomic E-state index is 12.3. The third-order valence-corrected chi connectivity index (χ3v) is 5.19. The minimum Gasteiger partial charge on any atom is -0.461 e. The molecule has 2 aliphatic rings. The van der Waals surface area contributed by atoms with Gasteiger partial charge in [0.2, 0.25) is 10.0 Å². The molecule has 2 heterocycles.